The molecule has 0 aliphatic heterocycles. The fourth-order valence-corrected chi connectivity index (χ4v) is 1.66. The minimum Gasteiger partial charge on any atom is -0.258 e. The zero-order valence-corrected chi connectivity index (χ0v) is 9.22. The number of nitrogens with zero attached hydrogens (tertiary/aromatic N) is 2. The van der Waals surface area contributed by atoms with E-state index in [1.54, 1.807) is 0 Å². The molecule has 4 nitrogen and oxygen atoms in total. The van der Waals surface area contributed by atoms with E-state index in [0.717, 1.165) is 0 Å². The molecule has 0 saturated carbocycles. The van der Waals surface area contributed by atoms with E-state index in [9.17, 15) is 32.1 Å². The van der Waals surface area contributed by atoms with Crippen molar-refractivity contribution < 1.29 is 26.9 Å². The summed E-state index contributed by atoms with van der Waals surface area (Å²) in [7, 11) is 0. The summed E-state index contributed by atoms with van der Waals surface area (Å²) in [5.41, 5.74) is -4.26. The molecule has 0 saturated heterocycles. The van der Waals surface area contributed by atoms with Gasteiger partial charge in [0.1, 0.15) is 10.2 Å². The maximum Gasteiger partial charge on any atom is 0.424 e. The summed E-state index contributed by atoms with van der Waals surface area (Å²) in [5, 5.41) is 10.5. The van der Waals surface area contributed by atoms with Gasteiger partial charge in [0.2, 0.25) is 0 Å². The van der Waals surface area contributed by atoms with Crippen LogP contribution in [-0.2, 0) is 6.18 Å². The Balaban J connectivity index is 3.57. The lowest BCUT2D eigenvalue weighted by molar-refractivity contribution is -0.389. The van der Waals surface area contributed by atoms with Crippen LogP contribution in [0.25, 0.3) is 0 Å². The highest BCUT2D eigenvalue weighted by atomic mass is 79.9. The van der Waals surface area contributed by atoms with Crippen molar-refractivity contribution in [2.45, 2.75) is 12.6 Å². The van der Waals surface area contributed by atoms with Crippen molar-refractivity contribution in [2.24, 2.45) is 0 Å². The highest BCUT2D eigenvalue weighted by Gasteiger charge is 2.41. The van der Waals surface area contributed by atoms with Crippen LogP contribution in [0.15, 0.2) is 10.7 Å². The summed E-state index contributed by atoms with van der Waals surface area (Å²) < 4.78 is 60.7. The highest BCUT2D eigenvalue weighted by molar-refractivity contribution is 9.10. The number of halogens is 6. The number of aromatic nitrogens is 1. The minimum atomic E-state index is -5.04. The molecule has 0 bridgehead atoms. The van der Waals surface area contributed by atoms with E-state index >= 15 is 0 Å². The van der Waals surface area contributed by atoms with Crippen LogP contribution in [0, 0.1) is 10.1 Å². The van der Waals surface area contributed by atoms with E-state index in [1.807, 2.05) is 0 Å². The van der Waals surface area contributed by atoms with E-state index in [0.29, 0.717) is 0 Å². The summed E-state index contributed by atoms with van der Waals surface area (Å²) >= 11 is 2.34. The Morgan fingerprint density at radius 1 is 1.41 bits per heavy atom. The molecule has 17 heavy (non-hydrogen) atoms. The van der Waals surface area contributed by atoms with Gasteiger partial charge < -0.3 is 0 Å². The number of alkyl halides is 5. The minimum absolute atomic E-state index is 0.0182. The van der Waals surface area contributed by atoms with Crippen LogP contribution in [0.4, 0.5) is 27.6 Å². The van der Waals surface area contributed by atoms with E-state index in [1.165, 1.54) is 0 Å². The molecule has 0 aliphatic carbocycles. The number of rotatable bonds is 2. The number of hydrogen-bond donors (Lipinski definition) is 0. The monoisotopic (exact) mass is 320 g/mol. The average molecular weight is 321 g/mol. The summed E-state index contributed by atoms with van der Waals surface area (Å²) in [6.45, 7) is 0. The SMILES string of the molecule is O=[N+]([O-])c1c(C(F)(F)F)cnc(C(F)F)c1Br. The lowest BCUT2D eigenvalue weighted by Crippen LogP contribution is -2.11. The molecule has 0 aliphatic rings. The summed E-state index contributed by atoms with van der Waals surface area (Å²) in [4.78, 5) is 11.9. The lowest BCUT2D eigenvalue weighted by atomic mass is 10.2. The summed E-state index contributed by atoms with van der Waals surface area (Å²) in [5.74, 6) is 0. The summed E-state index contributed by atoms with van der Waals surface area (Å²) in [6, 6.07) is 0. The first-order valence-corrected chi connectivity index (χ1v) is 4.63. The van der Waals surface area contributed by atoms with E-state index in [2.05, 4.69) is 20.9 Å². The molecular weight excluding hydrogens is 319 g/mol. The van der Waals surface area contributed by atoms with Gasteiger partial charge >= 0.3 is 6.18 Å². The molecule has 1 aromatic heterocycles. The van der Waals surface area contributed by atoms with E-state index < -0.39 is 38.9 Å². The zero-order chi connectivity index (χ0) is 13.4. The lowest BCUT2D eigenvalue weighted by Gasteiger charge is -2.10. The van der Waals surface area contributed by atoms with Crippen molar-refractivity contribution in [3.05, 3.63) is 32.0 Å². The normalized spacial score (nSPS) is 11.9. The Morgan fingerprint density at radius 2 is 1.94 bits per heavy atom. The van der Waals surface area contributed by atoms with Gasteiger partial charge in [-0.25, -0.2) is 8.78 Å². The van der Waals surface area contributed by atoms with E-state index in [4.69, 9.17) is 0 Å². The predicted octanol–water partition coefficient (Wildman–Crippen LogP) is 3.71. The Labute approximate surface area is 98.7 Å². The van der Waals surface area contributed by atoms with Crippen molar-refractivity contribution in [3.8, 4) is 0 Å². The molecule has 0 fully saturated rings. The molecule has 0 radical (unpaired) electrons. The first kappa shape index (κ1) is 13.7. The highest BCUT2D eigenvalue weighted by Crippen LogP contribution is 2.42. The predicted molar refractivity (Wildman–Crippen MR) is 48.6 cm³/mol. The van der Waals surface area contributed by atoms with Crippen LogP contribution >= 0.6 is 15.9 Å². The number of pyridine rings is 1. The van der Waals surface area contributed by atoms with Crippen molar-refractivity contribution in [1.29, 1.82) is 0 Å². The van der Waals surface area contributed by atoms with Crippen molar-refractivity contribution >= 4 is 21.6 Å². The zero-order valence-electron chi connectivity index (χ0n) is 7.63. The van der Waals surface area contributed by atoms with Crippen molar-refractivity contribution in [3.63, 3.8) is 0 Å². The smallest absolute Gasteiger partial charge is 0.258 e. The first-order valence-electron chi connectivity index (χ1n) is 3.84. The summed E-state index contributed by atoms with van der Waals surface area (Å²) in [6.07, 6.45) is -8.24. The third kappa shape index (κ3) is 2.68. The maximum atomic E-state index is 12.4. The van der Waals surface area contributed by atoms with Gasteiger partial charge in [0.15, 0.2) is 5.56 Å². The van der Waals surface area contributed by atoms with Gasteiger partial charge in [0.25, 0.3) is 12.1 Å². The van der Waals surface area contributed by atoms with Crippen LogP contribution in [0.3, 0.4) is 0 Å². The van der Waals surface area contributed by atoms with Gasteiger partial charge in [-0.3, -0.25) is 15.1 Å². The Morgan fingerprint density at radius 3 is 2.29 bits per heavy atom. The van der Waals surface area contributed by atoms with Gasteiger partial charge in [-0.05, 0) is 15.9 Å². The molecule has 0 spiro atoms. The van der Waals surface area contributed by atoms with Gasteiger partial charge in [0.05, 0.1) is 4.92 Å². The quantitative estimate of drug-likeness (QED) is 0.474. The van der Waals surface area contributed by atoms with Gasteiger partial charge in [-0.2, -0.15) is 13.2 Å². The molecule has 10 heteroatoms. The Bertz CT molecular complexity index is 462. The molecule has 0 N–H and O–H groups in total. The van der Waals surface area contributed by atoms with Crippen molar-refractivity contribution in [1.82, 2.24) is 4.98 Å². The second-order valence-electron chi connectivity index (χ2n) is 2.78. The van der Waals surface area contributed by atoms with Gasteiger partial charge in [-0.1, -0.05) is 0 Å². The Hall–Kier alpha value is -1.32. The molecule has 94 valence electrons. The van der Waals surface area contributed by atoms with Gasteiger partial charge in [-0.15, -0.1) is 0 Å². The fraction of sp³-hybridized carbons (Fsp3) is 0.286. The van der Waals surface area contributed by atoms with Crippen LogP contribution in [0.5, 0.6) is 0 Å². The van der Waals surface area contributed by atoms with Crippen LogP contribution in [0.2, 0.25) is 0 Å². The average Bonchev–Trinajstić information content (AvgIpc) is 2.14. The van der Waals surface area contributed by atoms with Gasteiger partial charge in [0, 0.05) is 6.20 Å². The fourth-order valence-electron chi connectivity index (χ4n) is 1.03. The maximum absolute atomic E-state index is 12.4. The molecule has 0 atom stereocenters. The van der Waals surface area contributed by atoms with Crippen LogP contribution in [0.1, 0.15) is 17.7 Å². The third-order valence-corrected chi connectivity index (χ3v) is 2.50. The molecule has 0 aromatic carbocycles. The number of nitro groups is 1. The second kappa shape index (κ2) is 4.51. The topological polar surface area (TPSA) is 56.0 Å². The third-order valence-electron chi connectivity index (χ3n) is 1.72. The standard InChI is InChI=1S/C7H2BrF5N2O2/c8-3-4(6(9)10)14-1-2(7(11,12)13)5(3)15(16)17/h1,6H. The van der Waals surface area contributed by atoms with Crippen molar-refractivity contribution in [2.75, 3.05) is 0 Å². The molecule has 1 rings (SSSR count). The molecule has 1 aromatic rings. The molecule has 0 amide bonds. The van der Waals surface area contributed by atoms with Crippen LogP contribution in [-0.4, -0.2) is 9.91 Å². The molecule has 0 unspecified atom stereocenters. The Kier molecular flexibility index (Phi) is 3.65. The van der Waals surface area contributed by atoms with Crippen LogP contribution < -0.4 is 0 Å². The molecule has 1 heterocycles. The number of hydrogen-bond acceptors (Lipinski definition) is 3. The first-order chi connectivity index (χ1) is 7.66. The second-order valence-corrected chi connectivity index (χ2v) is 3.57. The van der Waals surface area contributed by atoms with E-state index in [-0.39, 0.29) is 6.20 Å². The molecular formula is C7H2BrF5N2O2. The largest absolute Gasteiger partial charge is 0.424 e.